The second-order valence-electron chi connectivity index (χ2n) is 6.18. The zero-order chi connectivity index (χ0) is 19.7. The number of ether oxygens (including phenoxy) is 2. The fourth-order valence-corrected chi connectivity index (χ4v) is 2.30. The van der Waals surface area contributed by atoms with Crippen LogP contribution in [0.15, 0.2) is 24.3 Å². The Morgan fingerprint density at radius 1 is 1.00 bits per heavy atom. The molecule has 152 valence electrons. The molecule has 3 N–H and O–H groups in total. The highest BCUT2D eigenvalue weighted by molar-refractivity contribution is 5.83. The van der Waals surface area contributed by atoms with Crippen molar-refractivity contribution in [3.05, 3.63) is 24.3 Å². The molecule has 1 aliphatic rings. The summed E-state index contributed by atoms with van der Waals surface area (Å²) in [5.74, 6) is -0.0246. The second-order valence-corrected chi connectivity index (χ2v) is 6.18. The van der Waals surface area contributed by atoms with Crippen LogP contribution in [0.3, 0.4) is 0 Å². The fourth-order valence-electron chi connectivity index (χ4n) is 2.30. The monoisotopic (exact) mass is 381 g/mol. The molecule has 8 heteroatoms. The third-order valence-electron chi connectivity index (χ3n) is 3.88. The summed E-state index contributed by atoms with van der Waals surface area (Å²) in [5, 5.41) is 7.90. The highest BCUT2D eigenvalue weighted by Gasteiger charge is 2.09. The predicted molar refractivity (Wildman–Crippen MR) is 102 cm³/mol. The molecule has 0 aromatic rings. The Kier molecular flexibility index (Phi) is 12.4. The van der Waals surface area contributed by atoms with E-state index in [1.807, 2.05) is 18.2 Å². The molecular formula is C19H31N3O5. The molecular weight excluding hydrogens is 350 g/mol. The van der Waals surface area contributed by atoms with Crippen molar-refractivity contribution < 1.29 is 23.9 Å². The highest BCUT2D eigenvalue weighted by Crippen LogP contribution is 2.11. The van der Waals surface area contributed by atoms with Gasteiger partial charge in [0.2, 0.25) is 11.8 Å². The van der Waals surface area contributed by atoms with Gasteiger partial charge in [-0.3, -0.25) is 9.59 Å². The molecule has 0 aromatic carbocycles. The molecule has 0 fully saturated rings. The van der Waals surface area contributed by atoms with Gasteiger partial charge < -0.3 is 25.4 Å². The average molecular weight is 381 g/mol. The Morgan fingerprint density at radius 2 is 1.70 bits per heavy atom. The van der Waals surface area contributed by atoms with E-state index in [4.69, 9.17) is 9.47 Å². The van der Waals surface area contributed by atoms with Gasteiger partial charge in [0, 0.05) is 52.1 Å². The summed E-state index contributed by atoms with van der Waals surface area (Å²) >= 11 is 0. The lowest BCUT2D eigenvalue weighted by atomic mass is 10.0. The van der Waals surface area contributed by atoms with Crippen molar-refractivity contribution in [1.82, 2.24) is 16.0 Å². The predicted octanol–water partition coefficient (Wildman–Crippen LogP) is 1.28. The molecule has 1 aliphatic carbocycles. The van der Waals surface area contributed by atoms with Gasteiger partial charge in [-0.05, 0) is 19.3 Å². The van der Waals surface area contributed by atoms with E-state index in [1.165, 1.54) is 0 Å². The number of amides is 3. The number of carbonyl (C=O) groups is 3. The summed E-state index contributed by atoms with van der Waals surface area (Å²) in [5.41, 5.74) is 0. The maximum absolute atomic E-state index is 11.6. The number of hydrogen-bond acceptors (Lipinski definition) is 5. The number of carbonyl (C=O) groups excluding carboxylic acids is 3. The van der Waals surface area contributed by atoms with Gasteiger partial charge >= 0.3 is 6.09 Å². The van der Waals surface area contributed by atoms with Crippen LogP contribution in [0, 0.1) is 5.92 Å². The molecule has 0 saturated heterocycles. The third-order valence-corrected chi connectivity index (χ3v) is 3.88. The summed E-state index contributed by atoms with van der Waals surface area (Å²) in [6, 6.07) is 0. The molecule has 0 aromatic heterocycles. The molecule has 0 aliphatic heterocycles. The smallest absolute Gasteiger partial charge is 0.407 e. The second kappa shape index (κ2) is 14.8. The van der Waals surface area contributed by atoms with Crippen molar-refractivity contribution in [2.45, 2.75) is 32.1 Å². The van der Waals surface area contributed by atoms with Crippen molar-refractivity contribution in [1.29, 1.82) is 0 Å². The van der Waals surface area contributed by atoms with Gasteiger partial charge in [-0.25, -0.2) is 4.79 Å². The summed E-state index contributed by atoms with van der Waals surface area (Å²) < 4.78 is 10.6. The average Bonchev–Trinajstić information content (AvgIpc) is 2.69. The number of nitrogens with one attached hydrogen (secondary N) is 3. The van der Waals surface area contributed by atoms with E-state index in [2.05, 4.69) is 22.0 Å². The quantitative estimate of drug-likeness (QED) is 0.417. The van der Waals surface area contributed by atoms with Crippen LogP contribution in [0.4, 0.5) is 4.79 Å². The first-order valence-corrected chi connectivity index (χ1v) is 9.40. The fraction of sp³-hybridized carbons (Fsp3) is 0.632. The maximum Gasteiger partial charge on any atom is 0.407 e. The largest absolute Gasteiger partial charge is 0.449 e. The first-order valence-electron chi connectivity index (χ1n) is 9.40. The molecule has 1 atom stereocenters. The Morgan fingerprint density at radius 3 is 2.37 bits per heavy atom. The lowest BCUT2D eigenvalue weighted by Gasteiger charge is -2.13. The molecule has 0 radical (unpaired) electrons. The van der Waals surface area contributed by atoms with E-state index in [9.17, 15) is 14.4 Å². The third kappa shape index (κ3) is 12.6. The van der Waals surface area contributed by atoms with Gasteiger partial charge in [0.25, 0.3) is 0 Å². The van der Waals surface area contributed by atoms with E-state index in [0.29, 0.717) is 45.8 Å². The van der Waals surface area contributed by atoms with Crippen molar-refractivity contribution in [3.8, 4) is 0 Å². The lowest BCUT2D eigenvalue weighted by Crippen LogP contribution is -2.28. The van der Waals surface area contributed by atoms with Crippen molar-refractivity contribution >= 4 is 17.9 Å². The standard InChI is InChI=1S/C19H31N3O5/c1-20-17(23)9-10-18(24)21-11-5-13-26-14-6-12-22-19(25)27-15-16-7-3-2-4-8-16/h2-4,7,16H,5-6,8-15H2,1H3,(H,20,23)(H,21,24)(H,22,25). The van der Waals surface area contributed by atoms with Gasteiger partial charge in [0.15, 0.2) is 0 Å². The Labute approximate surface area is 160 Å². The van der Waals surface area contributed by atoms with Crippen molar-refractivity contribution in [2.75, 3.05) is 40.0 Å². The summed E-state index contributed by atoms with van der Waals surface area (Å²) in [6.45, 7) is 2.46. The van der Waals surface area contributed by atoms with Crippen LogP contribution in [0.1, 0.15) is 32.1 Å². The minimum absolute atomic E-state index is 0.138. The van der Waals surface area contributed by atoms with Crippen LogP contribution >= 0.6 is 0 Å². The Hall–Kier alpha value is -2.35. The Bertz CT molecular complexity index is 519. The first-order chi connectivity index (χ1) is 13.1. The van der Waals surface area contributed by atoms with Gasteiger partial charge in [-0.2, -0.15) is 0 Å². The molecule has 0 saturated carbocycles. The lowest BCUT2D eigenvalue weighted by molar-refractivity contribution is -0.126. The summed E-state index contributed by atoms with van der Waals surface area (Å²) in [6.07, 6.45) is 10.3. The van der Waals surface area contributed by atoms with Gasteiger partial charge in [0.1, 0.15) is 0 Å². The molecule has 8 nitrogen and oxygen atoms in total. The topological polar surface area (TPSA) is 106 Å². The number of rotatable bonds is 13. The first kappa shape index (κ1) is 22.7. The zero-order valence-corrected chi connectivity index (χ0v) is 16.0. The zero-order valence-electron chi connectivity index (χ0n) is 16.0. The van der Waals surface area contributed by atoms with Crippen LogP contribution in [0.2, 0.25) is 0 Å². The highest BCUT2D eigenvalue weighted by atomic mass is 16.5. The van der Waals surface area contributed by atoms with Crippen molar-refractivity contribution in [2.24, 2.45) is 5.92 Å². The SMILES string of the molecule is CNC(=O)CCC(=O)NCCCOCCCNC(=O)OCC1C=CC=CC1. The van der Waals surface area contributed by atoms with Gasteiger partial charge in [0.05, 0.1) is 6.61 Å². The maximum atomic E-state index is 11.6. The van der Waals surface area contributed by atoms with Crippen LogP contribution in [0.5, 0.6) is 0 Å². The number of alkyl carbamates (subject to hydrolysis) is 1. The molecule has 0 heterocycles. The van der Waals surface area contributed by atoms with Crippen molar-refractivity contribution in [3.63, 3.8) is 0 Å². The van der Waals surface area contributed by atoms with Crippen LogP contribution in [0.25, 0.3) is 0 Å². The molecule has 3 amide bonds. The molecule has 27 heavy (non-hydrogen) atoms. The van der Waals surface area contributed by atoms with E-state index in [1.54, 1.807) is 7.05 Å². The normalized spacial score (nSPS) is 15.2. The van der Waals surface area contributed by atoms with E-state index in [-0.39, 0.29) is 30.6 Å². The molecule has 0 spiro atoms. The Balaban J connectivity index is 1.85. The molecule has 0 bridgehead atoms. The van der Waals surface area contributed by atoms with Gasteiger partial charge in [-0.1, -0.05) is 24.3 Å². The summed E-state index contributed by atoms with van der Waals surface area (Å²) in [4.78, 5) is 34.0. The number of hydrogen-bond donors (Lipinski definition) is 3. The van der Waals surface area contributed by atoms with Crippen LogP contribution < -0.4 is 16.0 Å². The van der Waals surface area contributed by atoms with Crippen LogP contribution in [-0.2, 0) is 19.1 Å². The van der Waals surface area contributed by atoms with E-state index in [0.717, 1.165) is 6.42 Å². The van der Waals surface area contributed by atoms with E-state index >= 15 is 0 Å². The van der Waals surface area contributed by atoms with Gasteiger partial charge in [-0.15, -0.1) is 0 Å². The molecule has 1 rings (SSSR count). The minimum atomic E-state index is -0.405. The van der Waals surface area contributed by atoms with E-state index < -0.39 is 6.09 Å². The molecule has 1 unspecified atom stereocenters. The number of allylic oxidation sites excluding steroid dienone is 3. The minimum Gasteiger partial charge on any atom is -0.449 e. The summed E-state index contributed by atoms with van der Waals surface area (Å²) in [7, 11) is 1.54. The van der Waals surface area contributed by atoms with Crippen LogP contribution in [-0.4, -0.2) is 57.9 Å².